The molecule has 2 aromatic carbocycles. The summed E-state index contributed by atoms with van der Waals surface area (Å²) >= 11 is 1.62. The lowest BCUT2D eigenvalue weighted by Gasteiger charge is -2.10. The Balaban J connectivity index is 2.01. The average molecular weight is 256 g/mol. The minimum absolute atomic E-state index is 0.0184. The van der Waals surface area contributed by atoms with E-state index in [1.165, 1.54) is 11.1 Å². The van der Waals surface area contributed by atoms with Crippen molar-refractivity contribution in [3.8, 4) is 0 Å². The van der Waals surface area contributed by atoms with E-state index in [0.29, 0.717) is 0 Å². The van der Waals surface area contributed by atoms with Gasteiger partial charge in [0.25, 0.3) is 0 Å². The maximum Gasteiger partial charge on any atom is 0.133 e. The lowest BCUT2D eigenvalue weighted by atomic mass is 10.1. The average Bonchev–Trinajstić information content (AvgIpc) is 2.41. The van der Waals surface area contributed by atoms with Gasteiger partial charge in [-0.3, -0.25) is 0 Å². The van der Waals surface area contributed by atoms with Crippen LogP contribution in [0, 0.1) is 6.92 Å². The van der Waals surface area contributed by atoms with Crippen LogP contribution in [0.3, 0.4) is 0 Å². The Morgan fingerprint density at radius 2 is 1.72 bits per heavy atom. The maximum absolute atomic E-state index is 11.2. The van der Waals surface area contributed by atoms with Crippen molar-refractivity contribution >= 4 is 18.0 Å². The SMILES string of the molecule is Cc1ccc(SC(C=O)Cc2ccccc2)cc1. The highest BCUT2D eigenvalue weighted by molar-refractivity contribution is 8.00. The van der Waals surface area contributed by atoms with Crippen molar-refractivity contribution in [2.24, 2.45) is 0 Å². The largest absolute Gasteiger partial charge is 0.302 e. The molecule has 0 radical (unpaired) electrons. The zero-order valence-electron chi connectivity index (χ0n) is 10.4. The quantitative estimate of drug-likeness (QED) is 0.596. The molecule has 1 nitrogen and oxygen atoms in total. The molecule has 0 saturated carbocycles. The third-order valence-electron chi connectivity index (χ3n) is 2.74. The molecule has 92 valence electrons. The topological polar surface area (TPSA) is 17.1 Å². The van der Waals surface area contributed by atoms with Crippen LogP contribution in [0.4, 0.5) is 0 Å². The van der Waals surface area contributed by atoms with Crippen molar-refractivity contribution in [2.75, 3.05) is 0 Å². The van der Waals surface area contributed by atoms with Crippen LogP contribution in [0.25, 0.3) is 0 Å². The summed E-state index contributed by atoms with van der Waals surface area (Å²) in [7, 11) is 0. The molecule has 18 heavy (non-hydrogen) atoms. The Kier molecular flexibility index (Phi) is 4.59. The molecule has 0 N–H and O–H groups in total. The standard InChI is InChI=1S/C16H16OS/c1-13-7-9-15(10-8-13)18-16(12-17)11-14-5-3-2-4-6-14/h2-10,12,16H,11H2,1H3. The number of hydrogen-bond donors (Lipinski definition) is 0. The number of aldehydes is 1. The van der Waals surface area contributed by atoms with Crippen LogP contribution in [0.5, 0.6) is 0 Å². The highest BCUT2D eigenvalue weighted by atomic mass is 32.2. The summed E-state index contributed by atoms with van der Waals surface area (Å²) in [5.41, 5.74) is 2.44. The molecule has 1 atom stereocenters. The zero-order chi connectivity index (χ0) is 12.8. The Morgan fingerprint density at radius 1 is 1.06 bits per heavy atom. The van der Waals surface area contributed by atoms with E-state index in [9.17, 15) is 4.79 Å². The lowest BCUT2D eigenvalue weighted by molar-refractivity contribution is -0.107. The molecule has 0 bridgehead atoms. The van der Waals surface area contributed by atoms with Gasteiger partial charge in [0.05, 0.1) is 5.25 Å². The fraction of sp³-hybridized carbons (Fsp3) is 0.188. The predicted octanol–water partition coefficient (Wildman–Crippen LogP) is 3.90. The van der Waals surface area contributed by atoms with E-state index in [1.54, 1.807) is 11.8 Å². The van der Waals surface area contributed by atoms with Crippen LogP contribution in [0.15, 0.2) is 59.5 Å². The van der Waals surface area contributed by atoms with Gasteiger partial charge in [-0.25, -0.2) is 0 Å². The second-order valence-corrected chi connectivity index (χ2v) is 5.61. The van der Waals surface area contributed by atoms with Crippen molar-refractivity contribution in [2.45, 2.75) is 23.5 Å². The second-order valence-electron chi connectivity index (χ2n) is 4.30. The van der Waals surface area contributed by atoms with E-state index in [2.05, 4.69) is 43.3 Å². The van der Waals surface area contributed by atoms with Crippen molar-refractivity contribution in [3.63, 3.8) is 0 Å². The molecule has 0 spiro atoms. The van der Waals surface area contributed by atoms with Gasteiger partial charge in [0.2, 0.25) is 0 Å². The highest BCUT2D eigenvalue weighted by Crippen LogP contribution is 2.24. The fourth-order valence-electron chi connectivity index (χ4n) is 1.76. The first kappa shape index (κ1) is 12.9. The first-order valence-electron chi connectivity index (χ1n) is 6.00. The molecule has 0 aliphatic heterocycles. The van der Waals surface area contributed by atoms with Gasteiger partial charge in [0.15, 0.2) is 0 Å². The van der Waals surface area contributed by atoms with E-state index in [1.807, 2.05) is 18.2 Å². The monoisotopic (exact) mass is 256 g/mol. The number of benzene rings is 2. The van der Waals surface area contributed by atoms with Gasteiger partial charge in [-0.1, -0.05) is 48.0 Å². The third kappa shape index (κ3) is 3.74. The second kappa shape index (κ2) is 6.41. The molecule has 2 aromatic rings. The molecule has 0 aliphatic rings. The normalized spacial score (nSPS) is 12.1. The summed E-state index contributed by atoms with van der Waals surface area (Å²) in [6.45, 7) is 2.07. The summed E-state index contributed by atoms with van der Waals surface area (Å²) in [5, 5.41) is -0.0184. The smallest absolute Gasteiger partial charge is 0.133 e. The summed E-state index contributed by atoms with van der Waals surface area (Å²) < 4.78 is 0. The minimum Gasteiger partial charge on any atom is -0.302 e. The van der Waals surface area contributed by atoms with Crippen LogP contribution < -0.4 is 0 Å². The van der Waals surface area contributed by atoms with E-state index >= 15 is 0 Å². The maximum atomic E-state index is 11.2. The van der Waals surface area contributed by atoms with Crippen LogP contribution in [0.2, 0.25) is 0 Å². The summed E-state index contributed by atoms with van der Waals surface area (Å²) in [6.07, 6.45) is 1.82. The Bertz CT molecular complexity index is 490. The number of thioether (sulfide) groups is 1. The number of carbonyl (C=O) groups is 1. The summed E-state index contributed by atoms with van der Waals surface area (Å²) in [4.78, 5) is 12.3. The number of rotatable bonds is 5. The van der Waals surface area contributed by atoms with Crippen LogP contribution in [-0.4, -0.2) is 11.5 Å². The van der Waals surface area contributed by atoms with Crippen LogP contribution in [0.1, 0.15) is 11.1 Å². The summed E-state index contributed by atoms with van der Waals surface area (Å²) in [6, 6.07) is 18.4. The third-order valence-corrected chi connectivity index (χ3v) is 3.86. The number of carbonyl (C=O) groups excluding carboxylic acids is 1. The van der Waals surface area contributed by atoms with E-state index < -0.39 is 0 Å². The first-order valence-corrected chi connectivity index (χ1v) is 6.88. The van der Waals surface area contributed by atoms with Gasteiger partial charge >= 0.3 is 0 Å². The van der Waals surface area contributed by atoms with Crippen molar-refractivity contribution in [1.82, 2.24) is 0 Å². The van der Waals surface area contributed by atoms with Crippen LogP contribution in [-0.2, 0) is 11.2 Å². The van der Waals surface area contributed by atoms with Gasteiger partial charge in [-0.2, -0.15) is 0 Å². The molecule has 0 aliphatic carbocycles. The van der Waals surface area contributed by atoms with Gasteiger partial charge < -0.3 is 4.79 Å². The molecule has 0 saturated heterocycles. The van der Waals surface area contributed by atoms with E-state index in [4.69, 9.17) is 0 Å². The lowest BCUT2D eigenvalue weighted by Crippen LogP contribution is -2.08. The van der Waals surface area contributed by atoms with Gasteiger partial charge in [-0.05, 0) is 31.0 Å². The molecular formula is C16H16OS. The molecule has 0 heterocycles. The molecule has 2 rings (SSSR count). The fourth-order valence-corrected chi connectivity index (χ4v) is 2.73. The molecule has 0 fully saturated rings. The molecule has 0 amide bonds. The van der Waals surface area contributed by atoms with Crippen molar-refractivity contribution < 1.29 is 4.79 Å². The molecule has 1 unspecified atom stereocenters. The first-order chi connectivity index (χ1) is 8.78. The van der Waals surface area contributed by atoms with Crippen molar-refractivity contribution in [3.05, 3.63) is 65.7 Å². The van der Waals surface area contributed by atoms with E-state index in [0.717, 1.165) is 17.6 Å². The Morgan fingerprint density at radius 3 is 2.33 bits per heavy atom. The predicted molar refractivity (Wildman–Crippen MR) is 77.0 cm³/mol. The van der Waals surface area contributed by atoms with Crippen LogP contribution >= 0.6 is 11.8 Å². The molecule has 0 aromatic heterocycles. The molecule has 2 heteroatoms. The van der Waals surface area contributed by atoms with Gasteiger partial charge in [0.1, 0.15) is 6.29 Å². The van der Waals surface area contributed by atoms with Gasteiger partial charge in [-0.15, -0.1) is 11.8 Å². The highest BCUT2D eigenvalue weighted by Gasteiger charge is 2.10. The number of aryl methyl sites for hydroxylation is 1. The van der Waals surface area contributed by atoms with Crippen molar-refractivity contribution in [1.29, 1.82) is 0 Å². The Hall–Kier alpha value is -1.54. The number of hydrogen-bond acceptors (Lipinski definition) is 2. The minimum atomic E-state index is -0.0184. The van der Waals surface area contributed by atoms with E-state index in [-0.39, 0.29) is 5.25 Å². The molecular weight excluding hydrogens is 240 g/mol. The zero-order valence-corrected chi connectivity index (χ0v) is 11.2. The summed E-state index contributed by atoms with van der Waals surface area (Å²) in [5.74, 6) is 0. The Labute approximate surface area is 112 Å². The van der Waals surface area contributed by atoms with Gasteiger partial charge in [0, 0.05) is 4.90 Å².